The summed E-state index contributed by atoms with van der Waals surface area (Å²) in [4.78, 5) is 0. The zero-order chi connectivity index (χ0) is 16.2. The highest BCUT2D eigenvalue weighted by Crippen LogP contribution is 2.56. The van der Waals surface area contributed by atoms with Gasteiger partial charge in [0.1, 0.15) is 5.60 Å². The number of alkyl halides is 8. The molecule has 1 fully saturated rings. The molecule has 1 aliphatic heterocycles. The van der Waals surface area contributed by atoms with E-state index in [0.717, 1.165) is 6.92 Å². The number of rotatable bonds is 1. The Labute approximate surface area is 107 Å². The Morgan fingerprint density at radius 2 is 1.55 bits per heavy atom. The maximum absolute atomic E-state index is 13.6. The van der Waals surface area contributed by atoms with Gasteiger partial charge in [0.25, 0.3) is 0 Å². The van der Waals surface area contributed by atoms with Gasteiger partial charge < -0.3 is 14.9 Å². The third-order valence-electron chi connectivity index (χ3n) is 3.18. The third kappa shape index (κ3) is 2.25. The van der Waals surface area contributed by atoms with Gasteiger partial charge >= 0.3 is 24.1 Å². The summed E-state index contributed by atoms with van der Waals surface area (Å²) < 4.78 is 105. The molecule has 0 amide bonds. The van der Waals surface area contributed by atoms with Crippen molar-refractivity contribution in [1.82, 2.24) is 0 Å². The van der Waals surface area contributed by atoms with Crippen LogP contribution < -0.4 is 0 Å². The molecule has 1 saturated heterocycles. The molecular formula is C9H10F8O3. The largest absolute Gasteiger partial charge is 0.449 e. The van der Waals surface area contributed by atoms with E-state index in [1.807, 2.05) is 0 Å². The second-order valence-corrected chi connectivity index (χ2v) is 4.45. The molecule has 0 aromatic carbocycles. The lowest BCUT2D eigenvalue weighted by Gasteiger charge is -2.51. The molecule has 3 unspecified atom stereocenters. The Balaban J connectivity index is 3.42. The summed E-state index contributed by atoms with van der Waals surface area (Å²) in [7, 11) is 0. The first-order valence-electron chi connectivity index (χ1n) is 5.26. The minimum Gasteiger partial charge on any atom is -0.383 e. The summed E-state index contributed by atoms with van der Waals surface area (Å²) in [6.45, 7) is 0.767. The van der Waals surface area contributed by atoms with Crippen LogP contribution in [-0.4, -0.2) is 46.0 Å². The standard InChI is InChI=1S/C9H10F8O3/c1-2-5(18)3-4(6(10,11)12)20-8(19,7(5,13)14)9(15,16)17/h4,18-19H,2-3H2,1H3. The fourth-order valence-electron chi connectivity index (χ4n) is 1.87. The highest BCUT2D eigenvalue weighted by molar-refractivity contribution is 5.10. The van der Waals surface area contributed by atoms with E-state index < -0.39 is 48.6 Å². The first kappa shape index (κ1) is 17.4. The molecule has 20 heavy (non-hydrogen) atoms. The molecular weight excluding hydrogens is 308 g/mol. The summed E-state index contributed by atoms with van der Waals surface area (Å²) in [5.41, 5.74) is -3.71. The molecule has 1 heterocycles. The molecule has 3 nitrogen and oxygen atoms in total. The van der Waals surface area contributed by atoms with E-state index in [1.165, 1.54) is 0 Å². The quantitative estimate of drug-likeness (QED) is 0.730. The second-order valence-electron chi connectivity index (χ2n) is 4.45. The zero-order valence-corrected chi connectivity index (χ0v) is 9.82. The fraction of sp³-hybridized carbons (Fsp3) is 1.00. The van der Waals surface area contributed by atoms with Crippen molar-refractivity contribution in [2.24, 2.45) is 0 Å². The van der Waals surface area contributed by atoms with Crippen molar-refractivity contribution >= 4 is 0 Å². The van der Waals surface area contributed by atoms with E-state index in [0.29, 0.717) is 0 Å². The van der Waals surface area contributed by atoms with E-state index in [1.54, 1.807) is 0 Å². The zero-order valence-electron chi connectivity index (χ0n) is 9.82. The lowest BCUT2D eigenvalue weighted by molar-refractivity contribution is -0.498. The molecule has 1 aliphatic rings. The molecule has 120 valence electrons. The fourth-order valence-corrected chi connectivity index (χ4v) is 1.87. The lowest BCUT2D eigenvalue weighted by Crippen LogP contribution is -2.75. The number of ether oxygens (including phenoxy) is 1. The van der Waals surface area contributed by atoms with E-state index in [2.05, 4.69) is 4.74 Å². The molecule has 11 heteroatoms. The first-order valence-corrected chi connectivity index (χ1v) is 5.26. The summed E-state index contributed by atoms with van der Waals surface area (Å²) in [6, 6.07) is 0. The first-order chi connectivity index (χ1) is 8.62. The van der Waals surface area contributed by atoms with Crippen LogP contribution >= 0.6 is 0 Å². The van der Waals surface area contributed by atoms with Crippen molar-refractivity contribution in [3.63, 3.8) is 0 Å². The van der Waals surface area contributed by atoms with Crippen LogP contribution in [0.5, 0.6) is 0 Å². The van der Waals surface area contributed by atoms with Crippen molar-refractivity contribution in [2.75, 3.05) is 0 Å². The van der Waals surface area contributed by atoms with Crippen molar-refractivity contribution in [2.45, 2.75) is 55.5 Å². The minimum atomic E-state index is -6.23. The summed E-state index contributed by atoms with van der Waals surface area (Å²) in [5.74, 6) is -10.8. The molecule has 1 rings (SSSR count). The molecule has 0 saturated carbocycles. The number of hydrogen-bond donors (Lipinski definition) is 2. The topological polar surface area (TPSA) is 49.7 Å². The molecule has 0 aromatic rings. The van der Waals surface area contributed by atoms with Crippen LogP contribution in [-0.2, 0) is 4.74 Å². The highest BCUT2D eigenvalue weighted by Gasteiger charge is 2.81. The van der Waals surface area contributed by atoms with E-state index >= 15 is 0 Å². The Kier molecular flexibility index (Phi) is 3.83. The van der Waals surface area contributed by atoms with Crippen LogP contribution in [0, 0.1) is 0 Å². The average molecular weight is 318 g/mol. The van der Waals surface area contributed by atoms with Gasteiger partial charge in [-0.2, -0.15) is 35.1 Å². The van der Waals surface area contributed by atoms with Gasteiger partial charge in [0.2, 0.25) is 0 Å². The molecule has 2 N–H and O–H groups in total. The van der Waals surface area contributed by atoms with Crippen LogP contribution in [0.3, 0.4) is 0 Å². The highest BCUT2D eigenvalue weighted by atomic mass is 19.4. The van der Waals surface area contributed by atoms with Crippen LogP contribution in [0.2, 0.25) is 0 Å². The van der Waals surface area contributed by atoms with E-state index in [9.17, 15) is 40.2 Å². The Morgan fingerprint density at radius 1 is 1.10 bits per heavy atom. The average Bonchev–Trinajstić information content (AvgIpc) is 2.22. The van der Waals surface area contributed by atoms with Crippen molar-refractivity contribution in [3.05, 3.63) is 0 Å². The van der Waals surface area contributed by atoms with Gasteiger partial charge in [0.05, 0.1) is 0 Å². The maximum Gasteiger partial charge on any atom is 0.449 e. The maximum atomic E-state index is 13.6. The SMILES string of the molecule is CCC1(O)CC(C(F)(F)F)OC(O)(C(F)(F)F)C1(F)F. The minimum absolute atomic E-state index is 0.767. The molecule has 0 radical (unpaired) electrons. The molecule has 0 bridgehead atoms. The number of aliphatic hydroxyl groups is 2. The van der Waals surface area contributed by atoms with Gasteiger partial charge in [0.15, 0.2) is 6.10 Å². The number of halogens is 8. The van der Waals surface area contributed by atoms with E-state index in [-0.39, 0.29) is 0 Å². The Hall–Kier alpha value is -0.680. The van der Waals surface area contributed by atoms with Crippen LogP contribution in [0.1, 0.15) is 19.8 Å². The number of hydrogen-bond acceptors (Lipinski definition) is 3. The normalized spacial score (nSPS) is 38.9. The van der Waals surface area contributed by atoms with Gasteiger partial charge in [0, 0.05) is 6.42 Å². The lowest BCUT2D eigenvalue weighted by atomic mass is 9.79. The Morgan fingerprint density at radius 3 is 1.85 bits per heavy atom. The van der Waals surface area contributed by atoms with Gasteiger partial charge in [-0.05, 0) is 6.42 Å². The summed E-state index contributed by atoms with van der Waals surface area (Å²) >= 11 is 0. The predicted octanol–water partition coefficient (Wildman–Crippen LogP) is 2.36. The van der Waals surface area contributed by atoms with Gasteiger partial charge in [-0.25, -0.2) is 0 Å². The van der Waals surface area contributed by atoms with Crippen LogP contribution in [0.4, 0.5) is 35.1 Å². The van der Waals surface area contributed by atoms with Crippen molar-refractivity contribution in [1.29, 1.82) is 0 Å². The monoisotopic (exact) mass is 318 g/mol. The molecule has 0 aromatic heterocycles. The van der Waals surface area contributed by atoms with Gasteiger partial charge in [-0.15, -0.1) is 0 Å². The van der Waals surface area contributed by atoms with Gasteiger partial charge in [-0.1, -0.05) is 6.92 Å². The molecule has 0 aliphatic carbocycles. The van der Waals surface area contributed by atoms with E-state index in [4.69, 9.17) is 5.11 Å². The second kappa shape index (κ2) is 4.41. The van der Waals surface area contributed by atoms with Crippen LogP contribution in [0.15, 0.2) is 0 Å². The molecule has 0 spiro atoms. The molecule has 3 atom stereocenters. The third-order valence-corrected chi connectivity index (χ3v) is 3.18. The van der Waals surface area contributed by atoms with Gasteiger partial charge in [-0.3, -0.25) is 0 Å². The van der Waals surface area contributed by atoms with Crippen molar-refractivity contribution in [3.8, 4) is 0 Å². The Bertz CT molecular complexity index is 378. The predicted molar refractivity (Wildman–Crippen MR) is 46.7 cm³/mol. The smallest absolute Gasteiger partial charge is 0.383 e. The van der Waals surface area contributed by atoms with Crippen molar-refractivity contribution < 1.29 is 50.1 Å². The summed E-state index contributed by atoms with van der Waals surface area (Å²) in [6.07, 6.45) is -18.0. The summed E-state index contributed by atoms with van der Waals surface area (Å²) in [5, 5.41) is 18.4. The van der Waals surface area contributed by atoms with Crippen LogP contribution in [0.25, 0.3) is 0 Å².